The van der Waals surface area contributed by atoms with Crippen molar-refractivity contribution < 1.29 is 38.3 Å². The first-order valence-electron chi connectivity index (χ1n) is 17.0. The Morgan fingerprint density at radius 3 is 1.87 bits per heavy atom. The van der Waals surface area contributed by atoms with Crippen LogP contribution in [-0.4, -0.2) is 120 Å². The van der Waals surface area contributed by atoms with E-state index in [0.29, 0.717) is 76.4 Å². The van der Waals surface area contributed by atoms with E-state index in [1.165, 1.54) is 19.3 Å². The van der Waals surface area contributed by atoms with Gasteiger partial charge in [-0.1, -0.05) is 51.7 Å². The van der Waals surface area contributed by atoms with Crippen LogP contribution in [0.15, 0.2) is 24.3 Å². The third-order valence-electron chi connectivity index (χ3n) is 7.63. The number of pyridine rings is 1. The van der Waals surface area contributed by atoms with Crippen molar-refractivity contribution in [3.05, 3.63) is 35.4 Å². The van der Waals surface area contributed by atoms with E-state index in [1.54, 1.807) is 0 Å². The van der Waals surface area contributed by atoms with Gasteiger partial charge in [0.05, 0.1) is 84.8 Å². The van der Waals surface area contributed by atoms with Gasteiger partial charge in [0.15, 0.2) is 0 Å². The molecule has 12 heteroatoms. The van der Waals surface area contributed by atoms with Gasteiger partial charge in [0.2, 0.25) is 0 Å². The van der Waals surface area contributed by atoms with Gasteiger partial charge in [-0.15, -0.1) is 12.4 Å². The average Bonchev–Trinajstić information content (AvgIpc) is 3.04. The number of nitrogen functional groups attached to an aromatic ring is 1. The van der Waals surface area contributed by atoms with E-state index in [4.69, 9.17) is 34.2 Å². The van der Waals surface area contributed by atoms with Gasteiger partial charge in [-0.2, -0.15) is 0 Å². The number of unbranched alkanes of at least 4 members (excludes halogenated alkanes) is 4. The number of fused-ring (bicyclic) bond motifs is 1. The van der Waals surface area contributed by atoms with Crippen LogP contribution < -0.4 is 5.73 Å². The van der Waals surface area contributed by atoms with Crippen LogP contribution in [0.25, 0.3) is 10.9 Å². The van der Waals surface area contributed by atoms with Crippen molar-refractivity contribution in [2.75, 3.05) is 105 Å². The molecule has 1 heterocycles. The van der Waals surface area contributed by atoms with Crippen molar-refractivity contribution in [1.29, 1.82) is 0 Å². The molecule has 0 aliphatic rings. The van der Waals surface area contributed by atoms with Crippen molar-refractivity contribution in [3.8, 4) is 0 Å². The van der Waals surface area contributed by atoms with Gasteiger partial charge in [0.1, 0.15) is 11.7 Å². The summed E-state index contributed by atoms with van der Waals surface area (Å²) >= 11 is 0. The van der Waals surface area contributed by atoms with Gasteiger partial charge in [-0.3, -0.25) is 4.79 Å². The molecule has 0 bridgehead atoms. The minimum absolute atomic E-state index is 0. The zero-order valence-corrected chi connectivity index (χ0v) is 29.7. The molecule has 3 N–H and O–H groups in total. The van der Waals surface area contributed by atoms with Gasteiger partial charge in [0.25, 0.3) is 0 Å². The number of nitrogens with zero attached hydrogens (tertiary/aromatic N) is 2. The largest absolute Gasteiger partial charge is 0.481 e. The molecule has 0 saturated carbocycles. The zero-order chi connectivity index (χ0) is 33.2. The molecule has 2 rings (SSSR count). The molecule has 0 radical (unpaired) electrons. The number of carbonyl (C=O) groups is 1. The Balaban J connectivity index is 0.0000110. The number of hydrogen-bond acceptors (Lipinski definition) is 10. The maximum Gasteiger partial charge on any atom is 0.313 e. The van der Waals surface area contributed by atoms with Crippen LogP contribution in [0.2, 0.25) is 0 Å². The highest BCUT2D eigenvalue weighted by Gasteiger charge is 2.23. The molecule has 0 amide bonds. The lowest BCUT2D eigenvalue weighted by atomic mass is 9.94. The Bertz CT molecular complexity index is 1080. The fraction of sp³-hybridized carbons (Fsp3) is 0.714. The molecule has 270 valence electrons. The molecule has 0 saturated heterocycles. The minimum Gasteiger partial charge on any atom is -0.481 e. The first-order valence-corrected chi connectivity index (χ1v) is 17.0. The zero-order valence-electron chi connectivity index (χ0n) is 28.9. The summed E-state index contributed by atoms with van der Waals surface area (Å²) in [4.78, 5) is 19.0. The summed E-state index contributed by atoms with van der Waals surface area (Å²) in [5, 5.41) is 10.8. The topological polar surface area (TPSA) is 135 Å². The third-order valence-corrected chi connectivity index (χ3v) is 7.63. The molecule has 1 atom stereocenters. The first kappa shape index (κ1) is 42.9. The maximum absolute atomic E-state index is 12.2. The maximum atomic E-state index is 12.2. The predicted molar refractivity (Wildman–Crippen MR) is 189 cm³/mol. The Hall–Kier alpha value is -2.09. The van der Waals surface area contributed by atoms with Crippen LogP contribution in [0.5, 0.6) is 0 Å². The van der Waals surface area contributed by atoms with Crippen molar-refractivity contribution in [1.82, 2.24) is 9.88 Å². The van der Waals surface area contributed by atoms with E-state index in [2.05, 4.69) is 30.8 Å². The number of aliphatic carboxylic acids is 1. The lowest BCUT2D eigenvalue weighted by molar-refractivity contribution is -0.140. The van der Waals surface area contributed by atoms with E-state index in [-0.39, 0.29) is 25.6 Å². The normalized spacial score (nSPS) is 12.1. The van der Waals surface area contributed by atoms with Crippen LogP contribution in [0.4, 0.5) is 5.82 Å². The van der Waals surface area contributed by atoms with Gasteiger partial charge in [-0.05, 0) is 56.1 Å². The smallest absolute Gasteiger partial charge is 0.313 e. The van der Waals surface area contributed by atoms with Crippen molar-refractivity contribution in [2.45, 2.75) is 64.7 Å². The monoisotopic (exact) mass is 685 g/mol. The molecule has 47 heavy (non-hydrogen) atoms. The number of halogens is 1. The SMILES string of the molecule is CCCCCc1cc2c(C(COCCOCCOCCOCCOCCOCCN(C)CCCCC)C(=O)O)cccc2nc1N.Cl. The molecule has 1 aromatic heterocycles. The summed E-state index contributed by atoms with van der Waals surface area (Å²) in [7, 11) is 2.13. The second-order valence-electron chi connectivity index (χ2n) is 11.4. The summed E-state index contributed by atoms with van der Waals surface area (Å²) in [6.45, 7) is 11.8. The quantitative estimate of drug-likeness (QED) is 0.103. The first-order chi connectivity index (χ1) is 22.5. The second-order valence-corrected chi connectivity index (χ2v) is 11.4. The molecular formula is C35H60ClN3O8. The average molecular weight is 686 g/mol. The summed E-state index contributed by atoms with van der Waals surface area (Å²) in [6, 6.07) is 7.49. The molecule has 0 aliphatic carbocycles. The highest BCUT2D eigenvalue weighted by Crippen LogP contribution is 2.29. The van der Waals surface area contributed by atoms with Gasteiger partial charge >= 0.3 is 5.97 Å². The summed E-state index contributed by atoms with van der Waals surface area (Å²) in [5.74, 6) is -1.26. The number of rotatable bonds is 30. The lowest BCUT2D eigenvalue weighted by Gasteiger charge is -2.17. The molecule has 11 nitrogen and oxygen atoms in total. The summed E-state index contributed by atoms with van der Waals surface area (Å²) in [6.07, 6.45) is 7.83. The number of aromatic nitrogens is 1. The Morgan fingerprint density at radius 1 is 0.787 bits per heavy atom. The number of anilines is 1. The molecule has 0 aliphatic heterocycles. The highest BCUT2D eigenvalue weighted by atomic mass is 35.5. The molecule has 2 aromatic rings. The van der Waals surface area contributed by atoms with Crippen LogP contribution in [0.3, 0.4) is 0 Å². The Morgan fingerprint density at radius 2 is 1.32 bits per heavy atom. The molecule has 1 aromatic carbocycles. The van der Waals surface area contributed by atoms with Crippen LogP contribution in [0, 0.1) is 0 Å². The number of aryl methyl sites for hydroxylation is 1. The van der Waals surface area contributed by atoms with Gasteiger partial charge < -0.3 is 44.2 Å². The van der Waals surface area contributed by atoms with E-state index >= 15 is 0 Å². The van der Waals surface area contributed by atoms with Crippen molar-refractivity contribution in [3.63, 3.8) is 0 Å². The number of likely N-dealkylation sites (N-methyl/N-ethyl adjacent to an activating group) is 1. The predicted octanol–water partition coefficient (Wildman–Crippen LogP) is 5.36. The Labute approximate surface area is 288 Å². The second kappa shape index (κ2) is 27.8. The van der Waals surface area contributed by atoms with Crippen LogP contribution in [-0.2, 0) is 39.6 Å². The fourth-order valence-corrected chi connectivity index (χ4v) is 4.90. The fourth-order valence-electron chi connectivity index (χ4n) is 4.90. The van der Waals surface area contributed by atoms with Gasteiger partial charge in [0, 0.05) is 11.9 Å². The minimum atomic E-state index is -0.944. The number of ether oxygens (including phenoxy) is 6. The molecule has 1 unspecified atom stereocenters. The molecular weight excluding hydrogens is 626 g/mol. The highest BCUT2D eigenvalue weighted by molar-refractivity contribution is 5.90. The number of nitrogens with two attached hydrogens (primary N) is 1. The van der Waals surface area contributed by atoms with E-state index in [9.17, 15) is 9.90 Å². The van der Waals surface area contributed by atoms with E-state index in [1.807, 2.05) is 24.3 Å². The summed E-state index contributed by atoms with van der Waals surface area (Å²) < 4.78 is 33.5. The van der Waals surface area contributed by atoms with E-state index in [0.717, 1.165) is 56.3 Å². The van der Waals surface area contributed by atoms with Crippen LogP contribution in [0.1, 0.15) is 69.4 Å². The molecule has 0 fully saturated rings. The molecule has 0 spiro atoms. The number of carboxylic acids is 1. The van der Waals surface area contributed by atoms with Crippen molar-refractivity contribution in [2.24, 2.45) is 0 Å². The number of hydrogen-bond donors (Lipinski definition) is 2. The lowest BCUT2D eigenvalue weighted by Crippen LogP contribution is -2.25. The number of carboxylic acid groups (broad SMARTS) is 1. The Kier molecular flexibility index (Phi) is 25.4. The van der Waals surface area contributed by atoms with Gasteiger partial charge in [-0.25, -0.2) is 4.98 Å². The summed E-state index contributed by atoms with van der Waals surface area (Å²) in [5.41, 5.74) is 8.52. The van der Waals surface area contributed by atoms with Crippen molar-refractivity contribution >= 4 is 35.1 Å². The van der Waals surface area contributed by atoms with E-state index < -0.39 is 11.9 Å². The third kappa shape index (κ3) is 18.9. The van der Waals surface area contributed by atoms with Crippen LogP contribution >= 0.6 is 12.4 Å². The number of benzene rings is 1. The standard InChI is InChI=1S/C35H59N3O8.ClH/c1-4-6-8-11-29-27-31-30(12-10-13-33(31)37-34(29)36)32(35(39)40)28-46-26-25-45-24-23-44-22-21-43-20-19-42-18-17-41-16-15-38(3)14-9-7-5-2;/h10,12-13,27,32H,4-9,11,14-26,28H2,1-3H3,(H2,36,37)(H,39,40);1H.